The van der Waals surface area contributed by atoms with E-state index in [2.05, 4.69) is 10.3 Å². The zero-order valence-corrected chi connectivity index (χ0v) is 14.8. The zero-order valence-electron chi connectivity index (χ0n) is 14.8. The van der Waals surface area contributed by atoms with Crippen molar-refractivity contribution in [3.63, 3.8) is 0 Å². The van der Waals surface area contributed by atoms with E-state index in [4.69, 9.17) is 4.74 Å². The molecule has 2 atom stereocenters. The van der Waals surface area contributed by atoms with Crippen LogP contribution in [0, 0.1) is 0 Å². The first-order valence-electron chi connectivity index (χ1n) is 8.55. The molecule has 1 aromatic heterocycles. The molecule has 142 valence electrons. The third-order valence-corrected chi connectivity index (χ3v) is 4.54. The number of ether oxygens (including phenoxy) is 1. The van der Waals surface area contributed by atoms with Crippen LogP contribution >= 0.6 is 0 Å². The van der Waals surface area contributed by atoms with E-state index in [1.807, 2.05) is 0 Å². The first-order chi connectivity index (χ1) is 13.0. The van der Waals surface area contributed by atoms with Crippen molar-refractivity contribution in [2.75, 3.05) is 20.2 Å². The topological polar surface area (TPSA) is 112 Å². The Labute approximate surface area is 156 Å². The number of phenolic OH excluding ortho intramolecular Hbond substituents is 1. The number of aliphatic hydroxyl groups is 1. The molecular formula is C19H21N3O5. The summed E-state index contributed by atoms with van der Waals surface area (Å²) >= 11 is 0. The number of amides is 2. The lowest BCUT2D eigenvalue weighted by Crippen LogP contribution is -2.55. The van der Waals surface area contributed by atoms with Crippen molar-refractivity contribution in [3.8, 4) is 11.5 Å². The molecule has 2 amide bonds. The number of hydrogen-bond donors (Lipinski definition) is 3. The SMILES string of the molecule is COc1ccc(C(=O)N2CC[C@@H](NC(=O)c3cccnc3)[C@H](O)C2)cc1O. The average molecular weight is 371 g/mol. The quantitative estimate of drug-likeness (QED) is 0.733. The average Bonchev–Trinajstić information content (AvgIpc) is 2.69. The molecule has 3 N–H and O–H groups in total. The molecule has 27 heavy (non-hydrogen) atoms. The number of β-amino-alcohol motifs (C(OH)–C–C–N with tert-alkyl or cyclic N) is 1. The van der Waals surface area contributed by atoms with Crippen LogP contribution in [0.4, 0.5) is 0 Å². The zero-order chi connectivity index (χ0) is 19.4. The molecule has 1 aromatic carbocycles. The maximum absolute atomic E-state index is 12.6. The van der Waals surface area contributed by atoms with Crippen molar-refractivity contribution in [3.05, 3.63) is 53.9 Å². The summed E-state index contributed by atoms with van der Waals surface area (Å²) in [7, 11) is 1.43. The van der Waals surface area contributed by atoms with Crippen molar-refractivity contribution in [2.45, 2.75) is 18.6 Å². The predicted octanol–water partition coefficient (Wildman–Crippen LogP) is 0.801. The van der Waals surface area contributed by atoms with Crippen LogP contribution in [-0.4, -0.2) is 64.3 Å². The van der Waals surface area contributed by atoms with Gasteiger partial charge in [-0.3, -0.25) is 14.6 Å². The molecule has 2 aromatic rings. The van der Waals surface area contributed by atoms with Gasteiger partial charge in [-0.05, 0) is 36.8 Å². The van der Waals surface area contributed by atoms with Gasteiger partial charge in [0.2, 0.25) is 0 Å². The van der Waals surface area contributed by atoms with E-state index in [0.29, 0.717) is 24.1 Å². The highest BCUT2D eigenvalue weighted by Crippen LogP contribution is 2.27. The Morgan fingerprint density at radius 2 is 2.11 bits per heavy atom. The van der Waals surface area contributed by atoms with Gasteiger partial charge >= 0.3 is 0 Å². The summed E-state index contributed by atoms with van der Waals surface area (Å²) in [5, 5.41) is 23.0. The number of methoxy groups -OCH3 is 1. The van der Waals surface area contributed by atoms with Crippen LogP contribution in [0.5, 0.6) is 11.5 Å². The number of likely N-dealkylation sites (tertiary alicyclic amines) is 1. The van der Waals surface area contributed by atoms with Crippen LogP contribution in [0.15, 0.2) is 42.7 Å². The maximum atomic E-state index is 12.6. The van der Waals surface area contributed by atoms with Gasteiger partial charge in [-0.1, -0.05) is 0 Å². The normalized spacial score (nSPS) is 19.4. The fourth-order valence-electron chi connectivity index (χ4n) is 3.04. The van der Waals surface area contributed by atoms with Crippen LogP contribution in [-0.2, 0) is 0 Å². The second-order valence-corrected chi connectivity index (χ2v) is 6.32. The Morgan fingerprint density at radius 3 is 2.74 bits per heavy atom. The van der Waals surface area contributed by atoms with Crippen LogP contribution < -0.4 is 10.1 Å². The lowest BCUT2D eigenvalue weighted by Gasteiger charge is -2.36. The summed E-state index contributed by atoms with van der Waals surface area (Å²) in [6, 6.07) is 7.26. The third-order valence-electron chi connectivity index (χ3n) is 4.54. The Bertz CT molecular complexity index is 827. The summed E-state index contributed by atoms with van der Waals surface area (Å²) in [5.74, 6) is -0.457. The Morgan fingerprint density at radius 1 is 1.30 bits per heavy atom. The Balaban J connectivity index is 1.62. The number of pyridine rings is 1. The predicted molar refractivity (Wildman–Crippen MR) is 96.7 cm³/mol. The molecule has 0 unspecified atom stereocenters. The molecule has 2 heterocycles. The monoisotopic (exact) mass is 371 g/mol. The standard InChI is InChI=1S/C19H21N3O5/c1-27-17-5-4-12(9-15(17)23)19(26)22-8-6-14(16(24)11-22)21-18(25)13-3-2-7-20-10-13/h2-5,7,9-10,14,16,23-24H,6,8,11H2,1H3,(H,21,25)/t14-,16-/m1/s1. The number of aliphatic hydroxyl groups excluding tert-OH is 1. The fraction of sp³-hybridized carbons (Fsp3) is 0.316. The summed E-state index contributed by atoms with van der Waals surface area (Å²) in [4.78, 5) is 30.2. The molecule has 0 aliphatic carbocycles. The molecule has 8 heteroatoms. The van der Waals surface area contributed by atoms with Crippen LogP contribution in [0.1, 0.15) is 27.1 Å². The molecule has 1 aliphatic rings. The number of aromatic nitrogens is 1. The van der Waals surface area contributed by atoms with Crippen molar-refractivity contribution in [2.24, 2.45) is 0 Å². The van der Waals surface area contributed by atoms with E-state index < -0.39 is 12.1 Å². The number of nitrogens with zero attached hydrogens (tertiary/aromatic N) is 2. The highest BCUT2D eigenvalue weighted by molar-refractivity contribution is 5.95. The van der Waals surface area contributed by atoms with E-state index in [1.165, 1.54) is 30.3 Å². The van der Waals surface area contributed by atoms with E-state index in [1.54, 1.807) is 24.4 Å². The molecule has 1 fully saturated rings. The van der Waals surface area contributed by atoms with E-state index in [0.717, 1.165) is 0 Å². The first kappa shape index (κ1) is 18.7. The highest BCUT2D eigenvalue weighted by Gasteiger charge is 2.32. The summed E-state index contributed by atoms with van der Waals surface area (Å²) < 4.78 is 4.97. The minimum atomic E-state index is -0.893. The third kappa shape index (κ3) is 4.17. The molecular weight excluding hydrogens is 350 g/mol. The van der Waals surface area contributed by atoms with Gasteiger partial charge in [-0.25, -0.2) is 0 Å². The van der Waals surface area contributed by atoms with Crippen molar-refractivity contribution in [1.29, 1.82) is 0 Å². The van der Waals surface area contributed by atoms with Crippen molar-refractivity contribution >= 4 is 11.8 Å². The lowest BCUT2D eigenvalue weighted by atomic mass is 10.0. The van der Waals surface area contributed by atoms with Gasteiger partial charge in [-0.2, -0.15) is 0 Å². The van der Waals surface area contributed by atoms with Crippen LogP contribution in [0.25, 0.3) is 0 Å². The molecule has 0 saturated carbocycles. The van der Waals surface area contributed by atoms with Crippen molar-refractivity contribution < 1.29 is 24.5 Å². The Kier molecular flexibility index (Phi) is 5.56. The van der Waals surface area contributed by atoms with Gasteiger partial charge in [0.25, 0.3) is 11.8 Å². The van der Waals surface area contributed by atoms with Gasteiger partial charge in [0, 0.05) is 31.0 Å². The number of piperidine rings is 1. The van der Waals surface area contributed by atoms with Crippen molar-refractivity contribution in [1.82, 2.24) is 15.2 Å². The molecule has 3 rings (SSSR count). The molecule has 0 bridgehead atoms. The van der Waals surface area contributed by atoms with Crippen LogP contribution in [0.3, 0.4) is 0 Å². The summed E-state index contributed by atoms with van der Waals surface area (Å²) in [5.41, 5.74) is 0.718. The number of aromatic hydroxyl groups is 1. The Hall–Kier alpha value is -3.13. The maximum Gasteiger partial charge on any atom is 0.254 e. The molecule has 8 nitrogen and oxygen atoms in total. The number of hydrogen-bond acceptors (Lipinski definition) is 6. The number of carbonyl (C=O) groups is 2. The highest BCUT2D eigenvalue weighted by atomic mass is 16.5. The number of phenols is 1. The minimum Gasteiger partial charge on any atom is -0.504 e. The number of carbonyl (C=O) groups excluding carboxylic acids is 2. The van der Waals surface area contributed by atoms with E-state index >= 15 is 0 Å². The summed E-state index contributed by atoms with van der Waals surface area (Å²) in [6.45, 7) is 0.463. The molecule has 1 saturated heterocycles. The van der Waals surface area contributed by atoms with E-state index in [9.17, 15) is 19.8 Å². The lowest BCUT2D eigenvalue weighted by molar-refractivity contribution is 0.0314. The number of benzene rings is 1. The molecule has 1 aliphatic heterocycles. The molecule has 0 spiro atoms. The number of nitrogens with one attached hydrogen (secondary N) is 1. The fourth-order valence-corrected chi connectivity index (χ4v) is 3.04. The van der Waals surface area contributed by atoms with Crippen LogP contribution in [0.2, 0.25) is 0 Å². The van der Waals surface area contributed by atoms with Gasteiger partial charge < -0.3 is 25.2 Å². The first-order valence-corrected chi connectivity index (χ1v) is 8.55. The van der Waals surface area contributed by atoms with Gasteiger partial charge in [0.15, 0.2) is 11.5 Å². The van der Waals surface area contributed by atoms with Gasteiger partial charge in [0.05, 0.1) is 24.8 Å². The summed E-state index contributed by atoms with van der Waals surface area (Å²) in [6.07, 6.45) is 2.56. The smallest absolute Gasteiger partial charge is 0.254 e. The van der Waals surface area contributed by atoms with Gasteiger partial charge in [0.1, 0.15) is 0 Å². The second kappa shape index (κ2) is 8.05. The minimum absolute atomic E-state index is 0.0869. The number of rotatable bonds is 4. The largest absolute Gasteiger partial charge is 0.504 e. The van der Waals surface area contributed by atoms with Gasteiger partial charge in [-0.15, -0.1) is 0 Å². The van der Waals surface area contributed by atoms with E-state index in [-0.39, 0.29) is 29.9 Å². The second-order valence-electron chi connectivity index (χ2n) is 6.32. The molecule has 0 radical (unpaired) electrons.